The molecule has 0 aliphatic carbocycles. The summed E-state index contributed by atoms with van der Waals surface area (Å²) in [6.45, 7) is 2.80. The predicted octanol–water partition coefficient (Wildman–Crippen LogP) is 4.42. The Morgan fingerprint density at radius 2 is 2.00 bits per heavy atom. The molecule has 1 saturated heterocycles. The molecule has 0 unspecified atom stereocenters. The predicted molar refractivity (Wildman–Crippen MR) is 105 cm³/mol. The van der Waals surface area contributed by atoms with Gasteiger partial charge in [-0.3, -0.25) is 9.89 Å². The lowest BCUT2D eigenvalue weighted by atomic mass is 10.0. The van der Waals surface area contributed by atoms with Crippen LogP contribution in [0.5, 0.6) is 11.5 Å². The SMILES string of the molecule is COc1ccccc1[C@H](CN=Cc1cc(Br)ccc1O)N1CCCC1. The van der Waals surface area contributed by atoms with Crippen LogP contribution in [-0.2, 0) is 0 Å². The Morgan fingerprint density at radius 1 is 1.24 bits per heavy atom. The minimum atomic E-state index is 0.184. The normalized spacial score (nSPS) is 16.4. The third-order valence-corrected chi connectivity index (χ3v) is 5.07. The molecule has 0 bridgehead atoms. The van der Waals surface area contributed by atoms with Crippen molar-refractivity contribution in [3.05, 3.63) is 58.1 Å². The maximum Gasteiger partial charge on any atom is 0.124 e. The molecule has 1 aliphatic heterocycles. The fourth-order valence-corrected chi connectivity index (χ4v) is 3.66. The zero-order valence-corrected chi connectivity index (χ0v) is 15.9. The van der Waals surface area contributed by atoms with Crippen molar-refractivity contribution in [2.45, 2.75) is 18.9 Å². The van der Waals surface area contributed by atoms with Gasteiger partial charge in [0.25, 0.3) is 0 Å². The summed E-state index contributed by atoms with van der Waals surface area (Å²) in [4.78, 5) is 7.11. The number of halogens is 1. The highest BCUT2D eigenvalue weighted by Gasteiger charge is 2.25. The van der Waals surface area contributed by atoms with Crippen molar-refractivity contribution in [2.75, 3.05) is 26.7 Å². The van der Waals surface area contributed by atoms with Crippen LogP contribution in [0.3, 0.4) is 0 Å². The van der Waals surface area contributed by atoms with Gasteiger partial charge in [-0.1, -0.05) is 34.1 Å². The number of hydrogen-bond acceptors (Lipinski definition) is 4. The second-order valence-corrected chi connectivity index (χ2v) is 7.11. The van der Waals surface area contributed by atoms with E-state index in [9.17, 15) is 5.11 Å². The zero-order valence-electron chi connectivity index (χ0n) is 14.4. The summed E-state index contributed by atoms with van der Waals surface area (Å²) < 4.78 is 6.48. The number of methoxy groups -OCH3 is 1. The number of rotatable bonds is 6. The molecule has 2 aromatic rings. The number of ether oxygens (including phenoxy) is 1. The van der Waals surface area contributed by atoms with E-state index in [4.69, 9.17) is 4.74 Å². The largest absolute Gasteiger partial charge is 0.507 e. The quantitative estimate of drug-likeness (QED) is 0.727. The standard InChI is InChI=1S/C20H23BrN2O2/c1-25-20-7-3-2-6-17(20)18(23-10-4-5-11-23)14-22-13-15-12-16(21)8-9-19(15)24/h2-3,6-9,12-13,18,24H,4-5,10-11,14H2,1H3/t18-/m0/s1. The molecule has 1 atom stereocenters. The molecule has 0 saturated carbocycles. The maximum absolute atomic E-state index is 9.97. The summed E-state index contributed by atoms with van der Waals surface area (Å²) in [5.74, 6) is 1.14. The number of phenols is 1. The van der Waals surface area contributed by atoms with Crippen LogP contribution in [-0.4, -0.2) is 43.0 Å². The average molecular weight is 403 g/mol. The number of aromatic hydroxyl groups is 1. The molecule has 1 fully saturated rings. The Balaban J connectivity index is 1.83. The van der Waals surface area contributed by atoms with E-state index in [-0.39, 0.29) is 11.8 Å². The van der Waals surface area contributed by atoms with Crippen LogP contribution in [0.1, 0.15) is 30.0 Å². The topological polar surface area (TPSA) is 45.1 Å². The van der Waals surface area contributed by atoms with Crippen molar-refractivity contribution in [2.24, 2.45) is 4.99 Å². The van der Waals surface area contributed by atoms with Crippen molar-refractivity contribution in [1.29, 1.82) is 0 Å². The summed E-state index contributed by atoms with van der Waals surface area (Å²) in [6, 6.07) is 13.7. The molecular formula is C20H23BrN2O2. The Labute approximate surface area is 157 Å². The monoisotopic (exact) mass is 402 g/mol. The molecule has 3 rings (SSSR count). The smallest absolute Gasteiger partial charge is 0.124 e. The van der Waals surface area contributed by atoms with Gasteiger partial charge < -0.3 is 9.84 Å². The Kier molecular flexibility index (Phi) is 6.10. The molecule has 0 spiro atoms. The Bertz CT molecular complexity index is 742. The molecule has 4 nitrogen and oxygen atoms in total. The Morgan fingerprint density at radius 3 is 2.76 bits per heavy atom. The number of aliphatic imine (C=N–C) groups is 1. The van der Waals surface area contributed by atoms with Crippen molar-refractivity contribution in [3.63, 3.8) is 0 Å². The highest BCUT2D eigenvalue weighted by Crippen LogP contribution is 2.32. The lowest BCUT2D eigenvalue weighted by Gasteiger charge is -2.27. The van der Waals surface area contributed by atoms with Crippen LogP contribution < -0.4 is 4.74 Å². The van der Waals surface area contributed by atoms with Gasteiger partial charge in [0, 0.05) is 21.8 Å². The van der Waals surface area contributed by atoms with Crippen molar-refractivity contribution < 1.29 is 9.84 Å². The molecule has 132 valence electrons. The highest BCUT2D eigenvalue weighted by molar-refractivity contribution is 9.10. The van der Waals surface area contributed by atoms with Crippen LogP contribution in [0.25, 0.3) is 0 Å². The van der Waals surface area contributed by atoms with E-state index in [1.165, 1.54) is 18.4 Å². The highest BCUT2D eigenvalue weighted by atomic mass is 79.9. The lowest BCUT2D eigenvalue weighted by molar-refractivity contribution is 0.246. The zero-order chi connectivity index (χ0) is 17.6. The number of phenolic OH excluding ortho intramolecular Hbond substituents is 1. The van der Waals surface area contributed by atoms with Crippen LogP contribution in [0, 0.1) is 0 Å². The first-order chi connectivity index (χ1) is 12.2. The van der Waals surface area contributed by atoms with Gasteiger partial charge in [0.05, 0.1) is 19.7 Å². The summed E-state index contributed by atoms with van der Waals surface area (Å²) in [6.07, 6.45) is 4.20. The number of para-hydroxylation sites is 1. The van der Waals surface area contributed by atoms with Gasteiger partial charge in [0.1, 0.15) is 11.5 Å². The third kappa shape index (κ3) is 4.41. The lowest BCUT2D eigenvalue weighted by Crippen LogP contribution is -2.28. The molecule has 1 heterocycles. The fraction of sp³-hybridized carbons (Fsp3) is 0.350. The van der Waals surface area contributed by atoms with Crippen molar-refractivity contribution in [3.8, 4) is 11.5 Å². The van der Waals surface area contributed by atoms with E-state index >= 15 is 0 Å². The van der Waals surface area contributed by atoms with Crippen LogP contribution in [0.15, 0.2) is 51.9 Å². The van der Waals surface area contributed by atoms with E-state index in [2.05, 4.69) is 31.9 Å². The molecule has 0 aromatic heterocycles. The third-order valence-electron chi connectivity index (χ3n) is 4.58. The molecule has 2 aromatic carbocycles. The van der Waals surface area contributed by atoms with Gasteiger partial charge in [-0.25, -0.2) is 0 Å². The molecule has 25 heavy (non-hydrogen) atoms. The summed E-state index contributed by atoms with van der Waals surface area (Å²) in [5.41, 5.74) is 1.89. The minimum absolute atomic E-state index is 0.184. The van der Waals surface area contributed by atoms with Crippen LogP contribution in [0.4, 0.5) is 0 Å². The van der Waals surface area contributed by atoms with Gasteiger partial charge in [-0.15, -0.1) is 0 Å². The van der Waals surface area contributed by atoms with E-state index in [0.29, 0.717) is 6.54 Å². The van der Waals surface area contributed by atoms with Crippen LogP contribution >= 0.6 is 15.9 Å². The van der Waals surface area contributed by atoms with Gasteiger partial charge in [-0.05, 0) is 50.2 Å². The van der Waals surface area contributed by atoms with Gasteiger partial charge in [-0.2, -0.15) is 0 Å². The number of hydrogen-bond donors (Lipinski definition) is 1. The summed E-state index contributed by atoms with van der Waals surface area (Å²) in [7, 11) is 1.71. The number of nitrogens with zero attached hydrogens (tertiary/aromatic N) is 2. The van der Waals surface area contributed by atoms with E-state index in [1.807, 2.05) is 30.3 Å². The molecule has 1 N–H and O–H groups in total. The first-order valence-electron chi connectivity index (χ1n) is 8.54. The van der Waals surface area contributed by atoms with E-state index < -0.39 is 0 Å². The summed E-state index contributed by atoms with van der Waals surface area (Å²) >= 11 is 3.43. The number of benzene rings is 2. The molecule has 0 amide bonds. The van der Waals surface area contributed by atoms with E-state index in [0.717, 1.165) is 28.9 Å². The molecular weight excluding hydrogens is 380 g/mol. The Hall–Kier alpha value is -1.85. The van der Waals surface area contributed by atoms with Gasteiger partial charge in [0.15, 0.2) is 0 Å². The van der Waals surface area contributed by atoms with Gasteiger partial charge >= 0.3 is 0 Å². The fourth-order valence-electron chi connectivity index (χ4n) is 3.29. The minimum Gasteiger partial charge on any atom is -0.507 e. The first-order valence-corrected chi connectivity index (χ1v) is 9.33. The maximum atomic E-state index is 9.97. The molecule has 1 aliphatic rings. The first kappa shape index (κ1) is 18.0. The van der Waals surface area contributed by atoms with Crippen molar-refractivity contribution >= 4 is 22.1 Å². The van der Waals surface area contributed by atoms with Crippen molar-refractivity contribution in [1.82, 2.24) is 4.90 Å². The summed E-state index contributed by atoms with van der Waals surface area (Å²) in [5, 5.41) is 9.97. The van der Waals surface area contributed by atoms with E-state index in [1.54, 1.807) is 19.4 Å². The molecule has 0 radical (unpaired) electrons. The van der Waals surface area contributed by atoms with Gasteiger partial charge in [0.2, 0.25) is 0 Å². The molecule has 5 heteroatoms. The second-order valence-electron chi connectivity index (χ2n) is 6.20. The van der Waals surface area contributed by atoms with Crippen LogP contribution in [0.2, 0.25) is 0 Å². The average Bonchev–Trinajstić information content (AvgIpc) is 3.16. The number of likely N-dealkylation sites (tertiary alicyclic amines) is 1. The second kappa shape index (κ2) is 8.50.